The highest BCUT2D eigenvalue weighted by molar-refractivity contribution is 6.02. The van der Waals surface area contributed by atoms with Gasteiger partial charge < -0.3 is 25.5 Å². The summed E-state index contributed by atoms with van der Waals surface area (Å²) in [6.45, 7) is 7.04. The number of ketones is 1. The number of hydrogen-bond acceptors (Lipinski definition) is 7. The molecule has 4 aromatic rings. The lowest BCUT2D eigenvalue weighted by atomic mass is 9.59. The van der Waals surface area contributed by atoms with Gasteiger partial charge in [-0.05, 0) is 110 Å². The van der Waals surface area contributed by atoms with Crippen LogP contribution in [0.1, 0.15) is 85.2 Å². The lowest BCUT2D eigenvalue weighted by Gasteiger charge is -2.50. The molecule has 0 spiro atoms. The van der Waals surface area contributed by atoms with Crippen LogP contribution in [0.15, 0.2) is 84.9 Å². The molecular weight excluding hydrogens is 701 g/mol. The summed E-state index contributed by atoms with van der Waals surface area (Å²) in [5, 5.41) is 14.1. The van der Waals surface area contributed by atoms with Gasteiger partial charge >= 0.3 is 20.4 Å². The van der Waals surface area contributed by atoms with E-state index >= 15 is 26.3 Å². The summed E-state index contributed by atoms with van der Waals surface area (Å²) < 4.78 is 101. The van der Waals surface area contributed by atoms with Gasteiger partial charge in [0.2, 0.25) is 5.41 Å². The number of aromatic hydroxyl groups is 1. The van der Waals surface area contributed by atoms with Gasteiger partial charge in [0.1, 0.15) is 29.3 Å². The van der Waals surface area contributed by atoms with Gasteiger partial charge in [0.15, 0.2) is 5.78 Å². The van der Waals surface area contributed by atoms with Crippen molar-refractivity contribution in [2.75, 3.05) is 11.1 Å². The lowest BCUT2D eigenvalue weighted by molar-refractivity contribution is -0.288. The van der Waals surface area contributed by atoms with Crippen LogP contribution in [-0.4, -0.2) is 43.1 Å². The number of carbonyl (C=O) groups is 2. The molecule has 0 heterocycles. The Kier molecular flexibility index (Phi) is 11.8. The maximum absolute atomic E-state index is 15.1. The van der Waals surface area contributed by atoms with Crippen LogP contribution >= 0.6 is 0 Å². The predicted molar refractivity (Wildman–Crippen MR) is 191 cm³/mol. The molecule has 7 nitrogen and oxygen atoms in total. The fourth-order valence-corrected chi connectivity index (χ4v) is 7.39. The van der Waals surface area contributed by atoms with Crippen molar-refractivity contribution in [1.82, 2.24) is 0 Å². The lowest BCUT2D eigenvalue weighted by Crippen LogP contribution is -2.57. The number of nitrogens with two attached hydrogens (primary N) is 1. The molecule has 0 fully saturated rings. The average molecular weight is 741 g/mol. The summed E-state index contributed by atoms with van der Waals surface area (Å²) in [6.07, 6.45) is -10.4. The fraction of sp³-hybridized carbons (Fsp3) is 0.333. The number of phenols is 1. The molecule has 280 valence electrons. The van der Waals surface area contributed by atoms with E-state index in [1.165, 1.54) is 0 Å². The number of ether oxygens (including phenoxy) is 1. The Morgan fingerprint density at radius 2 is 1.28 bits per heavy atom. The molecule has 0 unspecified atom stereocenters. The van der Waals surface area contributed by atoms with E-state index in [0.29, 0.717) is 53.2 Å². The number of hydrogen-bond donors (Lipinski definition) is 3. The largest absolute Gasteiger partial charge is 0.566 e. The number of benzene rings is 4. The summed E-state index contributed by atoms with van der Waals surface area (Å²) in [7, 11) is 5.07. The predicted octanol–water partition coefficient (Wildman–Crippen LogP) is 10.1. The first-order chi connectivity index (χ1) is 24.9. The van der Waals surface area contributed by atoms with E-state index in [2.05, 4.69) is 9.97 Å². The number of anilines is 2. The third-order valence-electron chi connectivity index (χ3n) is 10.4. The van der Waals surface area contributed by atoms with Crippen LogP contribution in [0.3, 0.4) is 0 Å². The van der Waals surface area contributed by atoms with E-state index in [-0.39, 0.29) is 37.2 Å². The number of halogens is 6. The van der Waals surface area contributed by atoms with Crippen LogP contribution in [0.4, 0.5) is 37.7 Å². The van der Waals surface area contributed by atoms with Crippen LogP contribution in [0.5, 0.6) is 23.0 Å². The minimum Gasteiger partial charge on any atom is -0.566 e. The number of alkyl halides is 6. The van der Waals surface area contributed by atoms with Gasteiger partial charge in [-0.15, -0.1) is 0 Å². The van der Waals surface area contributed by atoms with E-state index < -0.39 is 57.0 Å². The highest BCUT2D eigenvalue weighted by Gasteiger charge is 2.72. The Labute approximate surface area is 304 Å². The molecule has 0 saturated carbocycles. The minimum absolute atomic E-state index is 0.194. The van der Waals surface area contributed by atoms with Crippen molar-refractivity contribution >= 4 is 31.5 Å². The molecule has 0 aliphatic carbocycles. The van der Waals surface area contributed by atoms with Crippen LogP contribution in [0.25, 0.3) is 0 Å². The summed E-state index contributed by atoms with van der Waals surface area (Å²) in [4.78, 5) is 25.5. The highest BCUT2D eigenvalue weighted by Crippen LogP contribution is 2.58. The third-order valence-corrected chi connectivity index (χ3v) is 10.4. The first-order valence-corrected chi connectivity index (χ1v) is 16.8. The Morgan fingerprint density at radius 3 is 1.74 bits per heavy atom. The number of carbonyl (C=O) groups excluding carboxylic acids is 2. The smallest absolute Gasteiger partial charge is 0.411 e. The number of Topliss-reactive ketones (excluding diaryl/α,β-unsaturated/α-hetero) is 1. The van der Waals surface area contributed by atoms with Gasteiger partial charge in [-0.1, -0.05) is 39.8 Å². The Hall–Kier alpha value is -5.14. The number of nitrogen functional groups attached to an aromatic ring is 1. The first kappa shape index (κ1) is 40.6. The topological polar surface area (TPSA) is 111 Å². The fourth-order valence-electron chi connectivity index (χ4n) is 7.39. The zero-order chi connectivity index (χ0) is 39.4. The first-order valence-electron chi connectivity index (χ1n) is 16.8. The Bertz CT molecular complexity index is 1890. The van der Waals surface area contributed by atoms with Crippen molar-refractivity contribution in [2.45, 2.75) is 76.7 Å². The van der Waals surface area contributed by atoms with E-state index in [4.69, 9.17) is 18.5 Å². The summed E-state index contributed by atoms with van der Waals surface area (Å²) in [5.74, 6) is -0.419. The highest BCUT2D eigenvalue weighted by atomic mass is 19.4. The van der Waals surface area contributed by atoms with E-state index in [0.717, 1.165) is 12.1 Å². The summed E-state index contributed by atoms with van der Waals surface area (Å²) in [6, 6.07) is 16.6. The maximum Gasteiger partial charge on any atom is 0.411 e. The molecule has 2 radical (unpaired) electrons. The molecule has 0 aliphatic heterocycles. The van der Waals surface area contributed by atoms with E-state index in [1.54, 1.807) is 76.2 Å². The Balaban J connectivity index is 1.83. The van der Waals surface area contributed by atoms with Crippen molar-refractivity contribution in [3.8, 4) is 23.0 Å². The second-order valence-corrected chi connectivity index (χ2v) is 12.7. The number of aldehydes is 1. The zero-order valence-corrected chi connectivity index (χ0v) is 29.5. The SMILES string of the molecule is [B]Oc1ccc(C(c2ccc(O)c(NC(CC)(CC)C(CC)(CC)C(=O)c3ccc(Oc4ccc(C=O)cc4)cc3)c2)(C(F)(F)F)C(F)(F)F)cc1N. The molecule has 0 bridgehead atoms. The maximum atomic E-state index is 15.1. The van der Waals surface area contributed by atoms with Crippen LogP contribution in [0.2, 0.25) is 0 Å². The molecule has 0 aliphatic rings. The standard InChI is InChI=1S/C39H39BF6N2O5/c1-5-35(6-2,34(51)25-11-17-29(18-12-25)52-28-15-9-24(23-49)10-16-28)36(7-3,8-4)48-31-22-27(13-19-32(31)50)37(38(41,42)43,39(44,45)46)26-14-20-33(53-40)30(47)21-26/h9-23,48,50H,5-8,47H2,1-4H3. The number of nitrogens with one attached hydrogen (secondary N) is 1. The molecule has 53 heavy (non-hydrogen) atoms. The molecule has 0 aromatic heterocycles. The van der Waals surface area contributed by atoms with Gasteiger partial charge in [-0.3, -0.25) is 9.59 Å². The average Bonchev–Trinajstić information content (AvgIpc) is 3.12. The number of rotatable bonds is 15. The molecule has 4 N–H and O–H groups in total. The number of phenolic OH excluding ortho intramolecular Hbond substituents is 1. The molecule has 14 heteroatoms. The van der Waals surface area contributed by atoms with Crippen molar-refractivity contribution < 1.29 is 50.4 Å². The van der Waals surface area contributed by atoms with Crippen LogP contribution in [-0.2, 0) is 5.41 Å². The zero-order valence-electron chi connectivity index (χ0n) is 29.5. The van der Waals surface area contributed by atoms with Crippen molar-refractivity contribution in [3.63, 3.8) is 0 Å². The summed E-state index contributed by atoms with van der Waals surface area (Å²) >= 11 is 0. The minimum atomic E-state index is -5.95. The molecule has 4 rings (SSSR count). The Morgan fingerprint density at radius 1 is 0.774 bits per heavy atom. The van der Waals surface area contributed by atoms with Gasteiger partial charge in [0.25, 0.3) is 0 Å². The third kappa shape index (κ3) is 7.15. The van der Waals surface area contributed by atoms with Crippen molar-refractivity contribution in [3.05, 3.63) is 107 Å². The van der Waals surface area contributed by atoms with E-state index in [9.17, 15) is 14.7 Å². The molecule has 0 amide bonds. The van der Waals surface area contributed by atoms with Crippen LogP contribution < -0.4 is 20.4 Å². The van der Waals surface area contributed by atoms with Gasteiger partial charge in [0.05, 0.1) is 16.8 Å². The molecular formula is C39H39BF6N2O5. The van der Waals surface area contributed by atoms with Crippen LogP contribution in [0, 0.1) is 5.41 Å². The molecule has 0 saturated heterocycles. The van der Waals surface area contributed by atoms with Gasteiger partial charge in [0, 0.05) is 16.7 Å². The van der Waals surface area contributed by atoms with Gasteiger partial charge in [-0.2, -0.15) is 26.3 Å². The van der Waals surface area contributed by atoms with Crippen molar-refractivity contribution in [1.29, 1.82) is 0 Å². The molecule has 0 atom stereocenters. The second-order valence-electron chi connectivity index (χ2n) is 12.7. The quantitative estimate of drug-likeness (QED) is 0.0278. The van der Waals surface area contributed by atoms with E-state index in [1.807, 2.05) is 0 Å². The van der Waals surface area contributed by atoms with Crippen molar-refractivity contribution in [2.24, 2.45) is 5.41 Å². The second kappa shape index (κ2) is 15.5. The molecule has 4 aromatic carbocycles. The monoisotopic (exact) mass is 740 g/mol. The van der Waals surface area contributed by atoms with Gasteiger partial charge in [-0.25, -0.2) is 0 Å². The summed E-state index contributed by atoms with van der Waals surface area (Å²) in [5.41, 5.74) is -4.13. The normalized spacial score (nSPS) is 12.6.